The zero-order valence-electron chi connectivity index (χ0n) is 28.5. The molecule has 0 N–H and O–H groups in total. The number of rotatable bonds is 4. The maximum atomic E-state index is 14.7. The number of nitrogens with zero attached hydrogens (tertiary/aromatic N) is 2. The van der Waals surface area contributed by atoms with Crippen molar-refractivity contribution in [2.45, 2.75) is 70.0 Å². The Balaban J connectivity index is 1.58. The summed E-state index contributed by atoms with van der Waals surface area (Å²) in [5.41, 5.74) is -0.939. The summed E-state index contributed by atoms with van der Waals surface area (Å²) in [6.07, 6.45) is 1.13. The highest BCUT2D eigenvalue weighted by molar-refractivity contribution is 5.95. The van der Waals surface area contributed by atoms with E-state index >= 15 is 0 Å². The van der Waals surface area contributed by atoms with E-state index in [2.05, 4.69) is 34.6 Å². The summed E-state index contributed by atoms with van der Waals surface area (Å²) in [4.78, 5) is 29.2. The van der Waals surface area contributed by atoms with Gasteiger partial charge in [-0.25, -0.2) is 0 Å². The molecule has 244 valence electrons. The minimum atomic E-state index is -0.820. The molecule has 46 heavy (non-hydrogen) atoms. The largest absolute Gasteiger partial charge is 0.493 e. The van der Waals surface area contributed by atoms with Gasteiger partial charge >= 0.3 is 0 Å². The lowest BCUT2D eigenvalue weighted by Crippen LogP contribution is -2.71. The molecule has 2 aromatic carbocycles. The summed E-state index contributed by atoms with van der Waals surface area (Å²) in [6, 6.07) is 7.54. The number of benzene rings is 2. The summed E-state index contributed by atoms with van der Waals surface area (Å²) in [5.74, 6) is 2.79. The second-order valence-electron chi connectivity index (χ2n) is 14.2. The molecule has 0 spiro atoms. The lowest BCUT2D eigenvalue weighted by molar-refractivity contribution is -0.171. The molecule has 4 heterocycles. The van der Waals surface area contributed by atoms with Gasteiger partial charge in [0.05, 0.1) is 39.6 Å². The quantitative estimate of drug-likeness (QED) is 0.288. The molecule has 0 amide bonds. The topological polar surface area (TPSA) is 99.4 Å². The lowest BCUT2D eigenvalue weighted by Gasteiger charge is -2.67. The van der Waals surface area contributed by atoms with Crippen LogP contribution in [0.3, 0.4) is 0 Å². The van der Waals surface area contributed by atoms with Gasteiger partial charge in [0.1, 0.15) is 33.7 Å². The predicted molar refractivity (Wildman–Crippen MR) is 176 cm³/mol. The van der Waals surface area contributed by atoms with Crippen LogP contribution in [0.2, 0.25) is 0 Å². The van der Waals surface area contributed by atoms with Crippen molar-refractivity contribution in [3.8, 4) is 34.5 Å². The molecule has 3 aliphatic rings. The highest BCUT2D eigenvalue weighted by atomic mass is 16.5. The Hall–Kier alpha value is -4.34. The molecule has 0 saturated heterocycles. The number of fused-ring (bicyclic) bond motifs is 12. The molecule has 1 saturated carbocycles. The monoisotopic (exact) mass is 630 g/mol. The van der Waals surface area contributed by atoms with Crippen molar-refractivity contribution in [3.63, 3.8) is 0 Å². The third-order valence-electron chi connectivity index (χ3n) is 11.8. The second kappa shape index (κ2) is 9.36. The van der Waals surface area contributed by atoms with E-state index in [1.807, 2.05) is 24.3 Å². The van der Waals surface area contributed by atoms with Crippen molar-refractivity contribution in [3.05, 3.63) is 56.1 Å². The molecule has 4 atom stereocenters. The Morgan fingerprint density at radius 1 is 0.717 bits per heavy atom. The fourth-order valence-electron chi connectivity index (χ4n) is 9.42. The Morgan fingerprint density at radius 2 is 1.24 bits per heavy atom. The fourth-order valence-corrected chi connectivity index (χ4v) is 9.42. The highest BCUT2D eigenvalue weighted by Crippen LogP contribution is 2.71. The molecular formula is C36H42N2O8. The molecule has 2 aromatic heterocycles. The summed E-state index contributed by atoms with van der Waals surface area (Å²) < 4.78 is 40.0. The molecule has 1 aliphatic carbocycles. The number of pyridine rings is 2. The molecular weight excluding hydrogens is 588 g/mol. The number of aryl methyl sites for hydroxylation is 2. The maximum Gasteiger partial charge on any atom is 0.258 e. The first-order valence-corrected chi connectivity index (χ1v) is 15.6. The zero-order valence-corrected chi connectivity index (χ0v) is 28.5. The van der Waals surface area contributed by atoms with E-state index in [0.29, 0.717) is 69.5 Å². The van der Waals surface area contributed by atoms with Crippen LogP contribution in [0.4, 0.5) is 0 Å². The number of hydrogen-bond acceptors (Lipinski definition) is 8. The van der Waals surface area contributed by atoms with Gasteiger partial charge in [0.25, 0.3) is 11.1 Å². The second-order valence-corrected chi connectivity index (χ2v) is 14.2. The normalized spacial score (nSPS) is 27.2. The number of hydrogen-bond donors (Lipinski definition) is 0. The van der Waals surface area contributed by atoms with Crippen LogP contribution < -0.4 is 39.5 Å². The molecule has 4 aromatic rings. The number of methoxy groups -OCH3 is 4. The molecule has 1 fully saturated rings. The smallest absolute Gasteiger partial charge is 0.258 e. The van der Waals surface area contributed by atoms with Crippen LogP contribution in [-0.4, -0.2) is 48.8 Å². The molecule has 10 heteroatoms. The van der Waals surface area contributed by atoms with E-state index < -0.39 is 22.0 Å². The van der Waals surface area contributed by atoms with Crippen LogP contribution in [0.25, 0.3) is 21.8 Å². The van der Waals surface area contributed by atoms with Gasteiger partial charge in [-0.15, -0.1) is 0 Å². The first kappa shape index (κ1) is 30.3. The molecule has 0 radical (unpaired) electrons. The SMILES string of the molecule is COc1ccc2c3c(c(=O)n(C)c2c1OC)[C@@H]1C[C@@](C)(C[C@@]2(C)c4c(c5ccc(OC)c(OC)c5n(C)c4=O)OC(C)(C)[C@@]12C)O3. The van der Waals surface area contributed by atoms with E-state index in [1.54, 1.807) is 51.7 Å². The van der Waals surface area contributed by atoms with Gasteiger partial charge in [-0.3, -0.25) is 9.59 Å². The summed E-state index contributed by atoms with van der Waals surface area (Å²) in [6.45, 7) is 10.6. The summed E-state index contributed by atoms with van der Waals surface area (Å²) in [7, 11) is 9.80. The molecule has 2 bridgehead atoms. The van der Waals surface area contributed by atoms with E-state index in [4.69, 9.17) is 28.4 Å². The summed E-state index contributed by atoms with van der Waals surface area (Å²) >= 11 is 0. The first-order chi connectivity index (χ1) is 21.6. The van der Waals surface area contributed by atoms with Gasteiger partial charge in [-0.05, 0) is 57.9 Å². The van der Waals surface area contributed by atoms with Crippen molar-refractivity contribution in [1.82, 2.24) is 9.13 Å². The third-order valence-corrected chi connectivity index (χ3v) is 11.8. The average molecular weight is 631 g/mol. The van der Waals surface area contributed by atoms with Crippen molar-refractivity contribution in [2.24, 2.45) is 19.5 Å². The van der Waals surface area contributed by atoms with Gasteiger partial charge in [0, 0.05) is 41.6 Å². The van der Waals surface area contributed by atoms with Gasteiger partial charge in [0.2, 0.25) is 0 Å². The van der Waals surface area contributed by atoms with Crippen molar-refractivity contribution in [2.75, 3.05) is 28.4 Å². The summed E-state index contributed by atoms with van der Waals surface area (Å²) in [5, 5.41) is 1.53. The minimum Gasteiger partial charge on any atom is -0.493 e. The van der Waals surface area contributed by atoms with Crippen molar-refractivity contribution < 1.29 is 28.4 Å². The lowest BCUT2D eigenvalue weighted by atomic mass is 9.41. The fraction of sp³-hybridized carbons (Fsp3) is 0.500. The zero-order chi connectivity index (χ0) is 33.3. The molecule has 2 aliphatic heterocycles. The van der Waals surface area contributed by atoms with E-state index in [-0.39, 0.29) is 17.0 Å². The van der Waals surface area contributed by atoms with Crippen LogP contribution in [-0.2, 0) is 19.5 Å². The van der Waals surface area contributed by atoms with Gasteiger partial charge in [-0.1, -0.05) is 13.8 Å². The minimum absolute atomic E-state index is 0.170. The van der Waals surface area contributed by atoms with Crippen LogP contribution in [0.1, 0.15) is 64.5 Å². The van der Waals surface area contributed by atoms with Crippen LogP contribution >= 0.6 is 0 Å². The van der Waals surface area contributed by atoms with E-state index in [9.17, 15) is 9.59 Å². The molecule has 7 rings (SSSR count). The highest BCUT2D eigenvalue weighted by Gasteiger charge is 2.71. The Morgan fingerprint density at radius 3 is 1.76 bits per heavy atom. The van der Waals surface area contributed by atoms with Gasteiger partial charge < -0.3 is 37.6 Å². The van der Waals surface area contributed by atoms with Crippen LogP contribution in [0, 0.1) is 5.41 Å². The number of aromatic nitrogens is 2. The molecule has 0 unspecified atom stereocenters. The number of ether oxygens (including phenoxy) is 6. The molecule has 10 nitrogen and oxygen atoms in total. The van der Waals surface area contributed by atoms with E-state index in [0.717, 1.165) is 10.8 Å². The Bertz CT molecular complexity index is 2110. The average Bonchev–Trinajstić information content (AvgIpc) is 3.02. The Kier molecular flexibility index (Phi) is 6.17. The van der Waals surface area contributed by atoms with Crippen LogP contribution in [0.15, 0.2) is 33.9 Å². The predicted octanol–water partition coefficient (Wildman–Crippen LogP) is 5.59. The van der Waals surface area contributed by atoms with E-state index in [1.165, 1.54) is 0 Å². The maximum absolute atomic E-state index is 14.7. The standard InChI is InChI=1S/C36H42N2O8/c1-33(2)36(5)20-16-34(3,46-27-18-12-14-21(41-8)29(43-10)25(18)37(6)31(39)23(20)27)17-35(36,4)24-28(45-33)19-13-15-22(42-9)30(44-11)26(19)38(7)32(24)40/h12-15,20H,16-17H2,1-11H3/t20-,34-,35-,36+/m0/s1. The first-order valence-electron chi connectivity index (χ1n) is 15.6. The van der Waals surface area contributed by atoms with Gasteiger partial charge in [0.15, 0.2) is 23.0 Å². The van der Waals surface area contributed by atoms with Crippen molar-refractivity contribution >= 4 is 21.8 Å². The van der Waals surface area contributed by atoms with Crippen LogP contribution in [0.5, 0.6) is 34.5 Å². The van der Waals surface area contributed by atoms with Gasteiger partial charge in [-0.2, -0.15) is 0 Å². The Labute approximate surface area is 267 Å². The third kappa shape index (κ3) is 3.37. The van der Waals surface area contributed by atoms with Crippen molar-refractivity contribution in [1.29, 1.82) is 0 Å².